The molecule has 1 heterocycles. The van der Waals surface area contributed by atoms with Crippen LogP contribution >= 0.6 is 0 Å². The molecule has 19 heavy (non-hydrogen) atoms. The number of likely N-dealkylation sites (tertiary alicyclic amines) is 1. The smallest absolute Gasteiger partial charge is 0.233 e. The zero-order valence-corrected chi connectivity index (χ0v) is 11.7. The summed E-state index contributed by atoms with van der Waals surface area (Å²) in [6, 6.07) is 0.599. The van der Waals surface area contributed by atoms with Gasteiger partial charge in [0, 0.05) is 12.6 Å². The minimum Gasteiger partial charge on any atom is -0.314 e. The fourth-order valence-electron chi connectivity index (χ4n) is 3.75. The van der Waals surface area contributed by atoms with Crippen molar-refractivity contribution in [2.45, 2.75) is 51.5 Å². The number of carbonyl (C=O) groups is 2. The van der Waals surface area contributed by atoms with Crippen LogP contribution in [0.5, 0.6) is 0 Å². The Labute approximate surface area is 114 Å². The summed E-state index contributed by atoms with van der Waals surface area (Å²) in [5.74, 6) is 0.969. The lowest BCUT2D eigenvalue weighted by atomic mass is 9.99. The van der Waals surface area contributed by atoms with Crippen LogP contribution in [0, 0.1) is 17.8 Å². The van der Waals surface area contributed by atoms with Crippen molar-refractivity contribution < 1.29 is 9.59 Å². The van der Waals surface area contributed by atoms with Gasteiger partial charge in [0.25, 0.3) is 0 Å². The second-order valence-corrected chi connectivity index (χ2v) is 6.32. The lowest BCUT2D eigenvalue weighted by Crippen LogP contribution is -2.38. The quantitative estimate of drug-likeness (QED) is 0.741. The summed E-state index contributed by atoms with van der Waals surface area (Å²) < 4.78 is 0. The van der Waals surface area contributed by atoms with Crippen molar-refractivity contribution in [3.05, 3.63) is 0 Å². The summed E-state index contributed by atoms with van der Waals surface area (Å²) in [6.07, 6.45) is 6.73. The molecule has 4 heteroatoms. The van der Waals surface area contributed by atoms with Crippen LogP contribution in [0.15, 0.2) is 0 Å². The Morgan fingerprint density at radius 2 is 1.95 bits per heavy atom. The van der Waals surface area contributed by atoms with Crippen LogP contribution in [0.3, 0.4) is 0 Å². The number of carbonyl (C=O) groups excluding carboxylic acids is 2. The average molecular weight is 264 g/mol. The van der Waals surface area contributed by atoms with Crippen LogP contribution in [0.25, 0.3) is 0 Å². The maximum atomic E-state index is 11.9. The van der Waals surface area contributed by atoms with Gasteiger partial charge in [0.2, 0.25) is 11.8 Å². The molecular weight excluding hydrogens is 240 g/mol. The maximum Gasteiger partial charge on any atom is 0.233 e. The van der Waals surface area contributed by atoms with Crippen LogP contribution in [0.2, 0.25) is 0 Å². The van der Waals surface area contributed by atoms with Gasteiger partial charge in [-0.25, -0.2) is 0 Å². The Balaban J connectivity index is 1.49. The molecule has 2 saturated carbocycles. The molecule has 3 aliphatic rings. The van der Waals surface area contributed by atoms with E-state index in [9.17, 15) is 9.59 Å². The first-order chi connectivity index (χ1) is 9.22. The van der Waals surface area contributed by atoms with Crippen molar-refractivity contribution in [2.75, 3.05) is 13.1 Å². The number of hydrogen-bond donors (Lipinski definition) is 1. The van der Waals surface area contributed by atoms with Gasteiger partial charge in [-0.2, -0.15) is 0 Å². The van der Waals surface area contributed by atoms with Gasteiger partial charge >= 0.3 is 0 Å². The summed E-state index contributed by atoms with van der Waals surface area (Å²) in [4.78, 5) is 25.3. The van der Waals surface area contributed by atoms with Crippen molar-refractivity contribution in [2.24, 2.45) is 17.8 Å². The van der Waals surface area contributed by atoms with E-state index in [0.29, 0.717) is 18.5 Å². The lowest BCUT2D eigenvalue weighted by molar-refractivity contribution is -0.141. The number of nitrogens with zero attached hydrogens (tertiary/aromatic N) is 1. The number of imide groups is 1. The van der Waals surface area contributed by atoms with Gasteiger partial charge in [0.1, 0.15) is 0 Å². The fourth-order valence-corrected chi connectivity index (χ4v) is 3.75. The predicted octanol–water partition coefficient (Wildman–Crippen LogP) is 1.55. The number of amides is 2. The number of fused-ring (bicyclic) bond motifs is 1. The zero-order valence-electron chi connectivity index (χ0n) is 11.7. The third-order valence-corrected chi connectivity index (χ3v) is 5.00. The van der Waals surface area contributed by atoms with Crippen LogP contribution in [-0.4, -0.2) is 35.8 Å². The highest BCUT2D eigenvalue weighted by atomic mass is 16.2. The van der Waals surface area contributed by atoms with Crippen LogP contribution < -0.4 is 5.32 Å². The maximum absolute atomic E-state index is 11.9. The van der Waals surface area contributed by atoms with Gasteiger partial charge < -0.3 is 5.32 Å². The fraction of sp³-hybridized carbons (Fsp3) is 0.867. The average Bonchev–Trinajstić information content (AvgIpc) is 3.03. The van der Waals surface area contributed by atoms with Gasteiger partial charge in [-0.3, -0.25) is 14.5 Å². The molecule has 3 fully saturated rings. The normalized spacial score (nSPS) is 37.0. The van der Waals surface area contributed by atoms with Crippen LogP contribution in [-0.2, 0) is 9.59 Å². The Kier molecular flexibility index (Phi) is 3.61. The molecular formula is C15H24N2O2. The number of hydrogen-bond acceptors (Lipinski definition) is 3. The molecule has 0 aromatic rings. The van der Waals surface area contributed by atoms with Crippen molar-refractivity contribution in [3.63, 3.8) is 0 Å². The molecule has 4 unspecified atom stereocenters. The predicted molar refractivity (Wildman–Crippen MR) is 72.4 cm³/mol. The second-order valence-electron chi connectivity index (χ2n) is 6.32. The van der Waals surface area contributed by atoms with Gasteiger partial charge in [-0.05, 0) is 44.6 Å². The molecule has 2 aliphatic carbocycles. The topological polar surface area (TPSA) is 49.4 Å². The molecule has 1 N–H and O–H groups in total. The minimum absolute atomic E-state index is 0.0603. The lowest BCUT2D eigenvalue weighted by Gasteiger charge is -2.23. The zero-order chi connectivity index (χ0) is 13.4. The number of piperidine rings is 1. The molecule has 106 valence electrons. The molecule has 0 bridgehead atoms. The van der Waals surface area contributed by atoms with E-state index in [1.807, 2.05) is 0 Å². The molecule has 0 aromatic carbocycles. The Hall–Kier alpha value is -0.900. The Bertz CT molecular complexity index is 362. The van der Waals surface area contributed by atoms with Crippen molar-refractivity contribution >= 4 is 11.8 Å². The van der Waals surface area contributed by atoms with Gasteiger partial charge in [-0.1, -0.05) is 13.3 Å². The SMILES string of the molecule is CCCNC1CCCC1CCN1C(=O)C2CC2C1=O. The van der Waals surface area contributed by atoms with Gasteiger partial charge in [0.15, 0.2) is 0 Å². The van der Waals surface area contributed by atoms with Crippen LogP contribution in [0.1, 0.15) is 45.4 Å². The van der Waals surface area contributed by atoms with Gasteiger partial charge in [0.05, 0.1) is 11.8 Å². The highest BCUT2D eigenvalue weighted by Crippen LogP contribution is 2.47. The molecule has 0 aromatic heterocycles. The molecule has 1 saturated heterocycles. The molecule has 4 atom stereocenters. The summed E-state index contributed by atoms with van der Waals surface area (Å²) >= 11 is 0. The van der Waals surface area contributed by atoms with E-state index in [1.165, 1.54) is 24.2 Å². The van der Waals surface area contributed by atoms with Gasteiger partial charge in [-0.15, -0.1) is 0 Å². The summed E-state index contributed by atoms with van der Waals surface area (Å²) in [5, 5.41) is 3.61. The van der Waals surface area contributed by atoms with E-state index < -0.39 is 0 Å². The Morgan fingerprint density at radius 1 is 1.21 bits per heavy atom. The molecule has 0 spiro atoms. The first-order valence-electron chi connectivity index (χ1n) is 7.81. The molecule has 2 amide bonds. The highest BCUT2D eigenvalue weighted by Gasteiger charge is 2.58. The first-order valence-corrected chi connectivity index (χ1v) is 7.81. The standard InChI is InChI=1S/C15H24N2O2/c1-2-7-16-13-5-3-4-10(13)6-8-17-14(18)11-9-12(11)15(17)19/h10-13,16H,2-9H2,1H3. The summed E-state index contributed by atoms with van der Waals surface area (Å²) in [5.41, 5.74) is 0. The van der Waals surface area contributed by atoms with E-state index in [4.69, 9.17) is 0 Å². The molecule has 4 nitrogen and oxygen atoms in total. The first kappa shape index (κ1) is 13.1. The van der Waals surface area contributed by atoms with Crippen molar-refractivity contribution in [1.82, 2.24) is 10.2 Å². The summed E-state index contributed by atoms with van der Waals surface area (Å²) in [7, 11) is 0. The number of nitrogens with one attached hydrogen (secondary N) is 1. The van der Waals surface area contributed by atoms with Crippen LogP contribution in [0.4, 0.5) is 0 Å². The number of rotatable bonds is 6. The molecule has 3 rings (SSSR count). The third-order valence-electron chi connectivity index (χ3n) is 5.00. The van der Waals surface area contributed by atoms with E-state index in [1.54, 1.807) is 0 Å². The third kappa shape index (κ3) is 2.42. The second kappa shape index (κ2) is 5.23. The van der Waals surface area contributed by atoms with Crippen molar-refractivity contribution in [3.8, 4) is 0 Å². The van der Waals surface area contributed by atoms with E-state index in [-0.39, 0.29) is 23.7 Å². The molecule has 0 radical (unpaired) electrons. The summed E-state index contributed by atoms with van der Waals surface area (Å²) in [6.45, 7) is 3.91. The Morgan fingerprint density at radius 3 is 2.63 bits per heavy atom. The largest absolute Gasteiger partial charge is 0.314 e. The molecule has 1 aliphatic heterocycles. The van der Waals surface area contributed by atoms with E-state index in [0.717, 1.165) is 25.8 Å². The minimum atomic E-state index is 0.0603. The van der Waals surface area contributed by atoms with Crippen molar-refractivity contribution in [1.29, 1.82) is 0 Å². The van der Waals surface area contributed by atoms with E-state index >= 15 is 0 Å². The monoisotopic (exact) mass is 264 g/mol. The highest BCUT2D eigenvalue weighted by molar-refractivity contribution is 6.08. The van der Waals surface area contributed by atoms with E-state index in [2.05, 4.69) is 12.2 Å².